The summed E-state index contributed by atoms with van der Waals surface area (Å²) in [5.74, 6) is 0.642. The average molecular weight is 227 g/mol. The normalized spacial score (nSPS) is 12.1. The molecule has 4 heteroatoms. The summed E-state index contributed by atoms with van der Waals surface area (Å²) >= 11 is 7.24. The second-order valence-electron chi connectivity index (χ2n) is 2.87. The standard InChI is InChI=1S/C10H11ClN2S/c1-8(4-5-11)14-10-9(7-12)3-2-6-13-10/h2-3,6,8H,4-5H2,1H3. The highest BCUT2D eigenvalue weighted by Crippen LogP contribution is 2.25. The zero-order chi connectivity index (χ0) is 10.4. The first-order chi connectivity index (χ1) is 6.77. The molecule has 1 aromatic rings. The van der Waals surface area contributed by atoms with Crippen LogP contribution in [0.15, 0.2) is 23.4 Å². The van der Waals surface area contributed by atoms with E-state index < -0.39 is 0 Å². The van der Waals surface area contributed by atoms with Crippen molar-refractivity contribution < 1.29 is 0 Å². The molecular weight excluding hydrogens is 216 g/mol. The zero-order valence-corrected chi connectivity index (χ0v) is 9.48. The summed E-state index contributed by atoms with van der Waals surface area (Å²) in [6.07, 6.45) is 2.63. The van der Waals surface area contributed by atoms with Crippen molar-refractivity contribution in [2.75, 3.05) is 5.88 Å². The van der Waals surface area contributed by atoms with E-state index in [0.29, 0.717) is 16.7 Å². The lowest BCUT2D eigenvalue weighted by atomic mass is 10.3. The summed E-state index contributed by atoms with van der Waals surface area (Å²) in [6, 6.07) is 5.68. The maximum atomic E-state index is 8.83. The number of rotatable bonds is 4. The van der Waals surface area contributed by atoms with Gasteiger partial charge in [-0.1, -0.05) is 6.92 Å². The van der Waals surface area contributed by atoms with Crippen molar-refractivity contribution in [3.63, 3.8) is 0 Å². The van der Waals surface area contributed by atoms with E-state index in [9.17, 15) is 0 Å². The third kappa shape index (κ3) is 3.21. The predicted octanol–water partition coefficient (Wildman–Crippen LogP) is 3.06. The molecule has 0 fully saturated rings. The van der Waals surface area contributed by atoms with Gasteiger partial charge in [0.25, 0.3) is 0 Å². The Labute approximate surface area is 93.3 Å². The van der Waals surface area contributed by atoms with Crippen molar-refractivity contribution in [1.82, 2.24) is 4.98 Å². The Hall–Kier alpha value is -0.720. The number of aromatic nitrogens is 1. The predicted molar refractivity (Wildman–Crippen MR) is 59.6 cm³/mol. The number of hydrogen-bond acceptors (Lipinski definition) is 3. The van der Waals surface area contributed by atoms with Crippen LogP contribution >= 0.6 is 23.4 Å². The van der Waals surface area contributed by atoms with E-state index in [1.165, 1.54) is 0 Å². The number of thioether (sulfide) groups is 1. The van der Waals surface area contributed by atoms with Crippen LogP contribution in [0.4, 0.5) is 0 Å². The third-order valence-electron chi connectivity index (χ3n) is 1.72. The molecule has 74 valence electrons. The van der Waals surface area contributed by atoms with E-state index in [1.807, 2.05) is 0 Å². The summed E-state index contributed by atoms with van der Waals surface area (Å²) < 4.78 is 0. The smallest absolute Gasteiger partial charge is 0.114 e. The number of alkyl halides is 1. The van der Waals surface area contributed by atoms with Crippen LogP contribution in [-0.4, -0.2) is 16.1 Å². The molecule has 1 unspecified atom stereocenters. The SMILES string of the molecule is CC(CCCl)Sc1ncccc1C#N. The van der Waals surface area contributed by atoms with Crippen molar-refractivity contribution in [3.8, 4) is 6.07 Å². The fraction of sp³-hybridized carbons (Fsp3) is 0.400. The molecule has 0 radical (unpaired) electrons. The van der Waals surface area contributed by atoms with Crippen molar-refractivity contribution in [2.45, 2.75) is 23.6 Å². The Morgan fingerprint density at radius 3 is 3.14 bits per heavy atom. The van der Waals surface area contributed by atoms with Gasteiger partial charge in [-0.3, -0.25) is 0 Å². The molecule has 0 saturated heterocycles. The third-order valence-corrected chi connectivity index (χ3v) is 3.12. The zero-order valence-electron chi connectivity index (χ0n) is 7.90. The van der Waals surface area contributed by atoms with Crippen molar-refractivity contribution >= 4 is 23.4 Å². The first-order valence-corrected chi connectivity index (χ1v) is 5.77. The Bertz CT molecular complexity index is 335. The van der Waals surface area contributed by atoms with E-state index in [-0.39, 0.29) is 0 Å². The molecule has 1 heterocycles. The van der Waals surface area contributed by atoms with E-state index in [2.05, 4.69) is 18.0 Å². The largest absolute Gasteiger partial charge is 0.249 e. The molecule has 14 heavy (non-hydrogen) atoms. The van der Waals surface area contributed by atoms with Gasteiger partial charge in [0.2, 0.25) is 0 Å². The second-order valence-corrected chi connectivity index (χ2v) is 4.68. The number of nitrogens with zero attached hydrogens (tertiary/aromatic N) is 2. The lowest BCUT2D eigenvalue weighted by Gasteiger charge is -2.08. The minimum Gasteiger partial charge on any atom is -0.249 e. The van der Waals surface area contributed by atoms with Crippen LogP contribution in [0.5, 0.6) is 0 Å². The van der Waals surface area contributed by atoms with Crippen molar-refractivity contribution in [3.05, 3.63) is 23.9 Å². The van der Waals surface area contributed by atoms with Crippen molar-refractivity contribution in [1.29, 1.82) is 5.26 Å². The van der Waals surface area contributed by atoms with E-state index >= 15 is 0 Å². The Balaban J connectivity index is 2.71. The van der Waals surface area contributed by atoms with E-state index in [0.717, 1.165) is 11.4 Å². The van der Waals surface area contributed by atoms with Gasteiger partial charge in [-0.2, -0.15) is 5.26 Å². The van der Waals surface area contributed by atoms with Gasteiger partial charge in [0.15, 0.2) is 0 Å². The summed E-state index contributed by atoms with van der Waals surface area (Å²) in [5.41, 5.74) is 0.638. The molecule has 0 N–H and O–H groups in total. The maximum absolute atomic E-state index is 8.83. The highest BCUT2D eigenvalue weighted by Gasteiger charge is 2.08. The molecule has 0 bridgehead atoms. The topological polar surface area (TPSA) is 36.7 Å². The lowest BCUT2D eigenvalue weighted by Crippen LogP contribution is -1.98. The molecule has 1 aromatic heterocycles. The Morgan fingerprint density at radius 1 is 1.71 bits per heavy atom. The van der Waals surface area contributed by atoms with Gasteiger partial charge in [-0.25, -0.2) is 4.98 Å². The number of pyridine rings is 1. The Kier molecular flexibility index (Phi) is 4.78. The maximum Gasteiger partial charge on any atom is 0.114 e. The molecule has 2 nitrogen and oxygen atoms in total. The van der Waals surface area contributed by atoms with Crippen LogP contribution in [0.25, 0.3) is 0 Å². The molecular formula is C10H11ClN2S. The van der Waals surface area contributed by atoms with Crippen molar-refractivity contribution in [2.24, 2.45) is 0 Å². The number of hydrogen-bond donors (Lipinski definition) is 0. The second kappa shape index (κ2) is 5.90. The molecule has 0 spiro atoms. The number of halogens is 1. The summed E-state index contributed by atoms with van der Waals surface area (Å²) in [4.78, 5) is 4.17. The average Bonchev–Trinajstić information content (AvgIpc) is 2.19. The molecule has 0 aromatic carbocycles. The van der Waals surface area contributed by atoms with Crippen LogP contribution in [0.2, 0.25) is 0 Å². The molecule has 0 aliphatic rings. The van der Waals surface area contributed by atoms with Gasteiger partial charge in [0.1, 0.15) is 11.1 Å². The summed E-state index contributed by atoms with van der Waals surface area (Å²) in [5, 5.41) is 10.0. The highest BCUT2D eigenvalue weighted by atomic mass is 35.5. The van der Waals surface area contributed by atoms with Crippen LogP contribution < -0.4 is 0 Å². The first-order valence-electron chi connectivity index (χ1n) is 4.35. The van der Waals surface area contributed by atoms with Crippen LogP contribution in [0.1, 0.15) is 18.9 Å². The van der Waals surface area contributed by atoms with Gasteiger partial charge in [-0.15, -0.1) is 23.4 Å². The fourth-order valence-electron chi connectivity index (χ4n) is 0.973. The van der Waals surface area contributed by atoms with E-state index in [1.54, 1.807) is 30.1 Å². The molecule has 0 aliphatic carbocycles. The molecule has 0 aliphatic heterocycles. The number of nitriles is 1. The highest BCUT2D eigenvalue weighted by molar-refractivity contribution is 7.99. The summed E-state index contributed by atoms with van der Waals surface area (Å²) in [7, 11) is 0. The van der Waals surface area contributed by atoms with Gasteiger partial charge in [-0.05, 0) is 18.6 Å². The van der Waals surface area contributed by atoms with Gasteiger partial charge >= 0.3 is 0 Å². The Morgan fingerprint density at radius 2 is 2.50 bits per heavy atom. The van der Waals surface area contributed by atoms with Gasteiger partial charge < -0.3 is 0 Å². The molecule has 0 saturated carbocycles. The molecule has 0 amide bonds. The van der Waals surface area contributed by atoms with Crippen LogP contribution in [0, 0.1) is 11.3 Å². The lowest BCUT2D eigenvalue weighted by molar-refractivity contribution is 0.906. The summed E-state index contributed by atoms with van der Waals surface area (Å²) in [6.45, 7) is 2.09. The fourth-order valence-corrected chi connectivity index (χ4v) is 2.41. The quantitative estimate of drug-likeness (QED) is 0.585. The minimum absolute atomic E-state index is 0.398. The van der Waals surface area contributed by atoms with Crippen LogP contribution in [-0.2, 0) is 0 Å². The van der Waals surface area contributed by atoms with Gasteiger partial charge in [0.05, 0.1) is 5.56 Å². The minimum atomic E-state index is 0.398. The molecule has 1 atom stereocenters. The van der Waals surface area contributed by atoms with Crippen LogP contribution in [0.3, 0.4) is 0 Å². The first kappa shape index (κ1) is 11.4. The monoisotopic (exact) mass is 226 g/mol. The van der Waals surface area contributed by atoms with Gasteiger partial charge in [0, 0.05) is 17.3 Å². The molecule has 1 rings (SSSR count). The van der Waals surface area contributed by atoms with E-state index in [4.69, 9.17) is 16.9 Å².